The summed E-state index contributed by atoms with van der Waals surface area (Å²) in [5.41, 5.74) is 2.42. The van der Waals surface area contributed by atoms with E-state index in [9.17, 15) is 0 Å². The molecule has 1 fully saturated rings. The van der Waals surface area contributed by atoms with Crippen LogP contribution in [0.3, 0.4) is 0 Å². The van der Waals surface area contributed by atoms with E-state index in [2.05, 4.69) is 41.3 Å². The van der Waals surface area contributed by atoms with Crippen LogP contribution in [0.5, 0.6) is 11.5 Å². The number of hydrogen-bond donors (Lipinski definition) is 0. The van der Waals surface area contributed by atoms with Crippen LogP contribution < -0.4 is 9.47 Å². The van der Waals surface area contributed by atoms with Gasteiger partial charge in [-0.05, 0) is 23.8 Å². The Morgan fingerprint density at radius 3 is 2.56 bits per heavy atom. The Bertz CT molecular complexity index is 707. The third kappa shape index (κ3) is 3.65. The zero-order chi connectivity index (χ0) is 17.1. The first-order valence-electron chi connectivity index (χ1n) is 8.96. The van der Waals surface area contributed by atoms with E-state index in [4.69, 9.17) is 14.2 Å². The maximum Gasteiger partial charge on any atom is 0.126 e. The summed E-state index contributed by atoms with van der Waals surface area (Å²) >= 11 is 0. The van der Waals surface area contributed by atoms with Gasteiger partial charge >= 0.3 is 0 Å². The zero-order valence-electron chi connectivity index (χ0n) is 14.7. The first kappa shape index (κ1) is 16.4. The lowest BCUT2D eigenvalue weighted by atomic mass is 9.93. The van der Waals surface area contributed by atoms with E-state index < -0.39 is 0 Å². The fourth-order valence-corrected chi connectivity index (χ4v) is 3.81. The quantitative estimate of drug-likeness (QED) is 0.854. The molecule has 132 valence electrons. The molecular weight excluding hydrogens is 314 g/mol. The largest absolute Gasteiger partial charge is 0.497 e. The number of fused-ring (bicyclic) bond motifs is 1. The lowest BCUT2D eigenvalue weighted by molar-refractivity contribution is -0.0594. The van der Waals surface area contributed by atoms with Crippen molar-refractivity contribution in [3.05, 3.63) is 59.7 Å². The van der Waals surface area contributed by atoms with Crippen LogP contribution in [0.1, 0.15) is 24.0 Å². The minimum absolute atomic E-state index is 0.142. The summed E-state index contributed by atoms with van der Waals surface area (Å²) < 4.78 is 17.4. The van der Waals surface area contributed by atoms with E-state index in [-0.39, 0.29) is 5.60 Å². The highest BCUT2D eigenvalue weighted by molar-refractivity contribution is 5.35. The smallest absolute Gasteiger partial charge is 0.126 e. The number of ether oxygens (including phenoxy) is 3. The Morgan fingerprint density at radius 1 is 1.04 bits per heavy atom. The van der Waals surface area contributed by atoms with E-state index in [0.717, 1.165) is 57.2 Å². The van der Waals surface area contributed by atoms with Gasteiger partial charge in [0.2, 0.25) is 0 Å². The van der Waals surface area contributed by atoms with Crippen LogP contribution in [0.15, 0.2) is 48.5 Å². The second kappa shape index (κ2) is 7.06. The molecule has 4 heteroatoms. The minimum atomic E-state index is -0.142. The van der Waals surface area contributed by atoms with E-state index in [1.807, 2.05) is 12.1 Å². The van der Waals surface area contributed by atoms with Crippen molar-refractivity contribution >= 4 is 0 Å². The SMILES string of the molecule is COc1ccc(CN2Cc3ccccc3OC3(CCOCC3)C2)cc1. The summed E-state index contributed by atoms with van der Waals surface area (Å²) in [7, 11) is 1.70. The molecule has 2 aromatic rings. The fraction of sp³-hybridized carbons (Fsp3) is 0.429. The van der Waals surface area contributed by atoms with Crippen molar-refractivity contribution in [2.24, 2.45) is 0 Å². The maximum atomic E-state index is 6.55. The summed E-state index contributed by atoms with van der Waals surface area (Å²) in [6.45, 7) is 4.29. The summed E-state index contributed by atoms with van der Waals surface area (Å²) in [4.78, 5) is 2.50. The van der Waals surface area contributed by atoms with Crippen molar-refractivity contribution in [2.45, 2.75) is 31.5 Å². The van der Waals surface area contributed by atoms with Crippen molar-refractivity contribution in [2.75, 3.05) is 26.9 Å². The van der Waals surface area contributed by atoms with E-state index in [1.165, 1.54) is 11.1 Å². The molecule has 0 bridgehead atoms. The highest BCUT2D eigenvalue weighted by Gasteiger charge is 2.39. The first-order valence-corrected chi connectivity index (χ1v) is 8.96. The monoisotopic (exact) mass is 339 g/mol. The predicted octanol–water partition coefficient (Wildman–Crippen LogP) is 3.64. The molecule has 0 amide bonds. The molecule has 2 heterocycles. The van der Waals surface area contributed by atoms with Gasteiger partial charge < -0.3 is 14.2 Å². The van der Waals surface area contributed by atoms with Gasteiger partial charge in [-0.1, -0.05) is 30.3 Å². The Morgan fingerprint density at radius 2 is 1.80 bits per heavy atom. The van der Waals surface area contributed by atoms with Gasteiger partial charge in [0.1, 0.15) is 17.1 Å². The maximum absolute atomic E-state index is 6.55. The van der Waals surface area contributed by atoms with Crippen molar-refractivity contribution < 1.29 is 14.2 Å². The second-order valence-corrected chi connectivity index (χ2v) is 7.00. The van der Waals surface area contributed by atoms with Crippen molar-refractivity contribution in [1.29, 1.82) is 0 Å². The molecule has 0 saturated carbocycles. The number of benzene rings is 2. The summed E-state index contributed by atoms with van der Waals surface area (Å²) in [5, 5.41) is 0. The van der Waals surface area contributed by atoms with Gasteiger partial charge in [-0.25, -0.2) is 0 Å². The number of hydrogen-bond acceptors (Lipinski definition) is 4. The van der Waals surface area contributed by atoms with Crippen LogP contribution in [0, 0.1) is 0 Å². The normalized spacial score (nSPS) is 19.7. The lowest BCUT2D eigenvalue weighted by Crippen LogP contribution is -2.49. The molecule has 2 aliphatic rings. The number of methoxy groups -OCH3 is 1. The molecule has 1 spiro atoms. The van der Waals surface area contributed by atoms with Crippen molar-refractivity contribution in [3.8, 4) is 11.5 Å². The Labute approximate surface area is 149 Å². The van der Waals surface area contributed by atoms with E-state index in [1.54, 1.807) is 7.11 Å². The molecule has 0 aliphatic carbocycles. The van der Waals surface area contributed by atoms with Crippen molar-refractivity contribution in [1.82, 2.24) is 4.90 Å². The summed E-state index contributed by atoms with van der Waals surface area (Å²) in [6, 6.07) is 16.8. The van der Waals surface area contributed by atoms with Gasteiger partial charge in [0, 0.05) is 38.0 Å². The molecule has 0 atom stereocenters. The molecule has 1 saturated heterocycles. The predicted molar refractivity (Wildman–Crippen MR) is 97.0 cm³/mol. The average Bonchev–Trinajstić information content (AvgIpc) is 2.79. The van der Waals surface area contributed by atoms with Gasteiger partial charge in [0.25, 0.3) is 0 Å². The fourth-order valence-electron chi connectivity index (χ4n) is 3.81. The zero-order valence-corrected chi connectivity index (χ0v) is 14.7. The molecule has 2 aromatic carbocycles. The van der Waals surface area contributed by atoms with Crippen LogP contribution in [-0.2, 0) is 17.8 Å². The highest BCUT2D eigenvalue weighted by Crippen LogP contribution is 2.35. The molecule has 0 N–H and O–H groups in total. The standard InChI is InChI=1S/C21H25NO3/c1-23-19-8-6-17(7-9-19)14-22-15-18-4-2-3-5-20(18)25-21(16-22)10-12-24-13-11-21/h2-9H,10-16H2,1H3. The van der Waals surface area contributed by atoms with Crippen LogP contribution >= 0.6 is 0 Å². The molecule has 0 radical (unpaired) electrons. The van der Waals surface area contributed by atoms with Gasteiger partial charge in [0.05, 0.1) is 20.3 Å². The topological polar surface area (TPSA) is 30.9 Å². The number of nitrogens with zero attached hydrogens (tertiary/aromatic N) is 1. The second-order valence-electron chi connectivity index (χ2n) is 7.00. The number of para-hydroxylation sites is 1. The van der Waals surface area contributed by atoms with E-state index >= 15 is 0 Å². The average molecular weight is 339 g/mol. The molecular formula is C21H25NO3. The molecule has 0 unspecified atom stereocenters. The molecule has 2 aliphatic heterocycles. The van der Waals surface area contributed by atoms with Gasteiger partial charge in [-0.15, -0.1) is 0 Å². The van der Waals surface area contributed by atoms with Gasteiger partial charge in [-0.3, -0.25) is 4.90 Å². The molecule has 25 heavy (non-hydrogen) atoms. The third-order valence-electron chi connectivity index (χ3n) is 5.17. The van der Waals surface area contributed by atoms with Gasteiger partial charge in [0.15, 0.2) is 0 Å². The van der Waals surface area contributed by atoms with Crippen LogP contribution in [0.25, 0.3) is 0 Å². The minimum Gasteiger partial charge on any atom is -0.497 e. The number of rotatable bonds is 3. The van der Waals surface area contributed by atoms with Crippen LogP contribution in [-0.4, -0.2) is 37.4 Å². The Balaban J connectivity index is 1.59. The van der Waals surface area contributed by atoms with Crippen molar-refractivity contribution in [3.63, 3.8) is 0 Å². The molecule has 4 nitrogen and oxygen atoms in total. The molecule has 0 aromatic heterocycles. The first-order chi connectivity index (χ1) is 12.3. The molecule has 4 rings (SSSR count). The van der Waals surface area contributed by atoms with E-state index in [0.29, 0.717) is 0 Å². The summed E-state index contributed by atoms with van der Waals surface area (Å²) in [6.07, 6.45) is 1.89. The highest BCUT2D eigenvalue weighted by atomic mass is 16.5. The summed E-state index contributed by atoms with van der Waals surface area (Å²) in [5.74, 6) is 1.93. The van der Waals surface area contributed by atoms with Gasteiger partial charge in [-0.2, -0.15) is 0 Å². The van der Waals surface area contributed by atoms with Crippen LogP contribution in [0.4, 0.5) is 0 Å². The third-order valence-corrected chi connectivity index (χ3v) is 5.17. The van der Waals surface area contributed by atoms with Crippen LogP contribution in [0.2, 0.25) is 0 Å². The lowest BCUT2D eigenvalue weighted by Gasteiger charge is -2.39. The Hall–Kier alpha value is -2.04. The Kier molecular flexibility index (Phi) is 4.64.